The second kappa shape index (κ2) is 6.18. The van der Waals surface area contributed by atoms with E-state index in [4.69, 9.17) is 22.1 Å². The summed E-state index contributed by atoms with van der Waals surface area (Å²) in [5, 5.41) is 3.56. The molecule has 0 radical (unpaired) electrons. The minimum absolute atomic E-state index is 0.464. The normalized spacial score (nSPS) is 10.1. The number of rotatable bonds is 5. The van der Waals surface area contributed by atoms with E-state index < -0.39 is 0 Å². The Morgan fingerprint density at radius 2 is 2.28 bits per heavy atom. The molecule has 0 atom stereocenters. The maximum absolute atomic E-state index is 5.96. The highest BCUT2D eigenvalue weighted by Gasteiger charge is 2.02. The van der Waals surface area contributed by atoms with E-state index in [9.17, 15) is 0 Å². The molecule has 5 nitrogen and oxygen atoms in total. The molecule has 0 fully saturated rings. The fourth-order valence-corrected chi connectivity index (χ4v) is 1.53. The zero-order chi connectivity index (χ0) is 12.8. The van der Waals surface area contributed by atoms with E-state index in [2.05, 4.69) is 15.3 Å². The van der Waals surface area contributed by atoms with Crippen LogP contribution in [0.4, 0.5) is 11.5 Å². The third-order valence-electron chi connectivity index (χ3n) is 2.15. The smallest absolute Gasteiger partial charge is 0.152 e. The molecule has 1 heterocycles. The zero-order valence-electron chi connectivity index (χ0n) is 9.64. The topological polar surface area (TPSA) is 73.1 Å². The van der Waals surface area contributed by atoms with Gasteiger partial charge in [0.15, 0.2) is 5.82 Å². The van der Waals surface area contributed by atoms with E-state index in [0.29, 0.717) is 24.0 Å². The number of halogens is 1. The molecule has 2 rings (SSSR count). The fourth-order valence-electron chi connectivity index (χ4n) is 1.38. The second-order valence-corrected chi connectivity index (χ2v) is 3.92. The number of nitrogens with two attached hydrogens (primary N) is 1. The Balaban J connectivity index is 2.12. The van der Waals surface area contributed by atoms with Gasteiger partial charge in [0.2, 0.25) is 0 Å². The number of benzene rings is 1. The van der Waals surface area contributed by atoms with Crippen molar-refractivity contribution < 1.29 is 4.74 Å². The summed E-state index contributed by atoms with van der Waals surface area (Å²) in [6, 6.07) is 7.49. The van der Waals surface area contributed by atoms with Crippen molar-refractivity contribution in [1.82, 2.24) is 9.97 Å². The molecule has 0 saturated carbocycles. The zero-order valence-corrected chi connectivity index (χ0v) is 10.4. The van der Waals surface area contributed by atoms with Crippen LogP contribution >= 0.6 is 11.6 Å². The van der Waals surface area contributed by atoms with Gasteiger partial charge in [-0.25, -0.2) is 9.97 Å². The van der Waals surface area contributed by atoms with E-state index >= 15 is 0 Å². The van der Waals surface area contributed by atoms with Gasteiger partial charge >= 0.3 is 0 Å². The standard InChI is InChI=1S/C12H13ClN4O/c13-11-7-15-8-16-12(11)17-9-2-1-3-10(6-9)18-5-4-14/h1-3,6-8H,4-5,14H2,(H,15,16,17). The van der Waals surface area contributed by atoms with Gasteiger partial charge in [-0.1, -0.05) is 17.7 Å². The summed E-state index contributed by atoms with van der Waals surface area (Å²) in [7, 11) is 0. The van der Waals surface area contributed by atoms with Gasteiger partial charge in [0, 0.05) is 18.3 Å². The lowest BCUT2D eigenvalue weighted by molar-refractivity contribution is 0.328. The summed E-state index contributed by atoms with van der Waals surface area (Å²) in [5.41, 5.74) is 6.22. The molecule has 0 spiro atoms. The quantitative estimate of drug-likeness (QED) is 0.866. The molecular formula is C12H13ClN4O. The van der Waals surface area contributed by atoms with Gasteiger partial charge in [0.1, 0.15) is 23.7 Å². The number of hydrogen-bond donors (Lipinski definition) is 2. The van der Waals surface area contributed by atoms with Gasteiger partial charge in [-0.3, -0.25) is 0 Å². The predicted octanol–water partition coefficient (Wildman–Crippen LogP) is 2.21. The molecule has 18 heavy (non-hydrogen) atoms. The first-order chi connectivity index (χ1) is 8.79. The molecule has 3 N–H and O–H groups in total. The second-order valence-electron chi connectivity index (χ2n) is 3.51. The molecule has 0 bridgehead atoms. The van der Waals surface area contributed by atoms with Crippen LogP contribution in [0.15, 0.2) is 36.8 Å². The Bertz CT molecular complexity index is 521. The molecule has 6 heteroatoms. The average Bonchev–Trinajstić information content (AvgIpc) is 2.40. The Morgan fingerprint density at radius 1 is 1.39 bits per heavy atom. The molecule has 0 amide bonds. The van der Waals surface area contributed by atoms with Crippen molar-refractivity contribution in [3.63, 3.8) is 0 Å². The molecule has 0 aliphatic rings. The molecule has 0 aliphatic heterocycles. The molecule has 1 aromatic carbocycles. The molecular weight excluding hydrogens is 252 g/mol. The summed E-state index contributed by atoms with van der Waals surface area (Å²) in [5.74, 6) is 1.30. The van der Waals surface area contributed by atoms with Gasteiger partial charge < -0.3 is 15.8 Å². The van der Waals surface area contributed by atoms with Crippen molar-refractivity contribution in [2.45, 2.75) is 0 Å². The molecule has 1 aromatic heterocycles. The van der Waals surface area contributed by atoms with Crippen LogP contribution in [0.2, 0.25) is 5.02 Å². The number of hydrogen-bond acceptors (Lipinski definition) is 5. The summed E-state index contributed by atoms with van der Waals surface area (Å²) < 4.78 is 5.43. The third-order valence-corrected chi connectivity index (χ3v) is 2.43. The average molecular weight is 265 g/mol. The van der Waals surface area contributed by atoms with Crippen LogP contribution in [0, 0.1) is 0 Å². The lowest BCUT2D eigenvalue weighted by Crippen LogP contribution is -2.10. The fraction of sp³-hybridized carbons (Fsp3) is 0.167. The number of ether oxygens (including phenoxy) is 1. The SMILES string of the molecule is NCCOc1cccc(Nc2ncncc2Cl)c1. The Labute approximate surface area is 110 Å². The maximum atomic E-state index is 5.96. The van der Waals surface area contributed by atoms with E-state index in [0.717, 1.165) is 11.4 Å². The first kappa shape index (κ1) is 12.6. The highest BCUT2D eigenvalue weighted by atomic mass is 35.5. The highest BCUT2D eigenvalue weighted by molar-refractivity contribution is 6.32. The highest BCUT2D eigenvalue weighted by Crippen LogP contribution is 2.24. The first-order valence-electron chi connectivity index (χ1n) is 5.45. The van der Waals surface area contributed by atoms with Crippen LogP contribution in [0.25, 0.3) is 0 Å². The minimum atomic E-state index is 0.464. The van der Waals surface area contributed by atoms with Crippen LogP contribution < -0.4 is 15.8 Å². The van der Waals surface area contributed by atoms with Crippen molar-refractivity contribution in [1.29, 1.82) is 0 Å². The van der Waals surface area contributed by atoms with Crippen molar-refractivity contribution in [2.75, 3.05) is 18.5 Å². The first-order valence-corrected chi connectivity index (χ1v) is 5.83. The molecule has 0 saturated heterocycles. The summed E-state index contributed by atoms with van der Waals surface area (Å²) >= 11 is 5.96. The largest absolute Gasteiger partial charge is 0.492 e. The van der Waals surface area contributed by atoms with Gasteiger partial charge in [-0.05, 0) is 12.1 Å². The van der Waals surface area contributed by atoms with Crippen molar-refractivity contribution in [3.8, 4) is 5.75 Å². The Kier molecular flexibility index (Phi) is 4.33. The predicted molar refractivity (Wildman–Crippen MR) is 71.3 cm³/mol. The van der Waals surface area contributed by atoms with Crippen LogP contribution in [-0.2, 0) is 0 Å². The molecule has 0 unspecified atom stereocenters. The van der Waals surface area contributed by atoms with Gasteiger partial charge in [-0.2, -0.15) is 0 Å². The van der Waals surface area contributed by atoms with Crippen molar-refractivity contribution in [2.24, 2.45) is 5.73 Å². The number of nitrogens with one attached hydrogen (secondary N) is 1. The van der Waals surface area contributed by atoms with Gasteiger partial charge in [0.25, 0.3) is 0 Å². The maximum Gasteiger partial charge on any atom is 0.152 e. The Hall–Kier alpha value is -1.85. The minimum Gasteiger partial charge on any atom is -0.492 e. The van der Waals surface area contributed by atoms with Crippen LogP contribution in [-0.4, -0.2) is 23.1 Å². The third kappa shape index (κ3) is 3.32. The number of aromatic nitrogens is 2. The summed E-state index contributed by atoms with van der Waals surface area (Å²) in [6.07, 6.45) is 2.97. The van der Waals surface area contributed by atoms with E-state index in [-0.39, 0.29) is 0 Å². The van der Waals surface area contributed by atoms with Crippen LogP contribution in [0.3, 0.4) is 0 Å². The van der Waals surface area contributed by atoms with Crippen molar-refractivity contribution >= 4 is 23.1 Å². The van der Waals surface area contributed by atoms with Crippen molar-refractivity contribution in [3.05, 3.63) is 41.8 Å². The van der Waals surface area contributed by atoms with Crippen LogP contribution in [0.1, 0.15) is 0 Å². The summed E-state index contributed by atoms with van der Waals surface area (Å²) in [4.78, 5) is 7.87. The number of anilines is 2. The van der Waals surface area contributed by atoms with Gasteiger partial charge in [-0.15, -0.1) is 0 Å². The number of nitrogens with zero attached hydrogens (tertiary/aromatic N) is 2. The van der Waals surface area contributed by atoms with E-state index in [1.54, 1.807) is 0 Å². The van der Waals surface area contributed by atoms with E-state index in [1.807, 2.05) is 24.3 Å². The molecule has 94 valence electrons. The Morgan fingerprint density at radius 3 is 3.06 bits per heavy atom. The lowest BCUT2D eigenvalue weighted by atomic mass is 10.3. The monoisotopic (exact) mass is 264 g/mol. The lowest BCUT2D eigenvalue weighted by Gasteiger charge is -2.09. The molecule has 2 aromatic rings. The van der Waals surface area contributed by atoms with Crippen LogP contribution in [0.5, 0.6) is 5.75 Å². The summed E-state index contributed by atoms with van der Waals surface area (Å²) in [6.45, 7) is 0.965. The van der Waals surface area contributed by atoms with E-state index in [1.165, 1.54) is 12.5 Å². The molecule has 0 aliphatic carbocycles. The van der Waals surface area contributed by atoms with Gasteiger partial charge in [0.05, 0.1) is 6.20 Å².